The van der Waals surface area contributed by atoms with Crippen LogP contribution in [0.2, 0.25) is 0 Å². The second-order valence-electron chi connectivity index (χ2n) is 3.87. The highest BCUT2D eigenvalue weighted by molar-refractivity contribution is 5.19. The van der Waals surface area contributed by atoms with Crippen molar-refractivity contribution in [2.45, 2.75) is 32.2 Å². The number of hydrogen-bond donors (Lipinski definition) is 1. The Morgan fingerprint density at radius 3 is 2.36 bits per heavy atom. The molecule has 0 aromatic rings. The van der Waals surface area contributed by atoms with Gasteiger partial charge in [0.05, 0.1) is 11.5 Å². The molecular weight excluding hydrogens is 136 g/mol. The molecule has 0 saturated carbocycles. The van der Waals surface area contributed by atoms with E-state index in [9.17, 15) is 0 Å². The standard InChI is InChI=1S/C9H14N2/c1-8(7-10)3-5-9(2,11)6-4-8/h3,5H,4,6,11H2,1-2H3. The van der Waals surface area contributed by atoms with E-state index in [2.05, 4.69) is 6.07 Å². The van der Waals surface area contributed by atoms with E-state index in [1.807, 2.05) is 26.0 Å². The van der Waals surface area contributed by atoms with Gasteiger partial charge in [-0.05, 0) is 26.7 Å². The lowest BCUT2D eigenvalue weighted by Crippen LogP contribution is -2.38. The zero-order valence-electron chi connectivity index (χ0n) is 7.09. The van der Waals surface area contributed by atoms with Gasteiger partial charge >= 0.3 is 0 Å². The van der Waals surface area contributed by atoms with Crippen LogP contribution in [0.15, 0.2) is 12.2 Å². The normalized spacial score (nSPS) is 43.5. The summed E-state index contributed by atoms with van der Waals surface area (Å²) >= 11 is 0. The SMILES string of the molecule is CC1(N)C=CC(C)(C#N)CC1. The zero-order valence-corrected chi connectivity index (χ0v) is 7.09. The Bertz CT molecular complexity index is 222. The van der Waals surface area contributed by atoms with Crippen LogP contribution in [0, 0.1) is 16.7 Å². The average molecular weight is 150 g/mol. The van der Waals surface area contributed by atoms with Gasteiger partial charge in [0.25, 0.3) is 0 Å². The molecule has 2 N–H and O–H groups in total. The third-order valence-corrected chi connectivity index (χ3v) is 2.27. The first-order chi connectivity index (χ1) is 4.97. The second kappa shape index (κ2) is 2.35. The van der Waals surface area contributed by atoms with Gasteiger partial charge in [-0.25, -0.2) is 0 Å². The molecular formula is C9H14N2. The lowest BCUT2D eigenvalue weighted by molar-refractivity contribution is 0.384. The zero-order chi connectivity index (χ0) is 8.54. The summed E-state index contributed by atoms with van der Waals surface area (Å²) in [6.45, 7) is 3.93. The topological polar surface area (TPSA) is 49.8 Å². The smallest absolute Gasteiger partial charge is 0.0728 e. The Labute approximate surface area is 67.7 Å². The monoisotopic (exact) mass is 150 g/mol. The van der Waals surface area contributed by atoms with E-state index in [1.165, 1.54) is 0 Å². The van der Waals surface area contributed by atoms with E-state index < -0.39 is 0 Å². The number of nitriles is 1. The van der Waals surface area contributed by atoms with Crippen LogP contribution in [-0.4, -0.2) is 5.54 Å². The van der Waals surface area contributed by atoms with Gasteiger partial charge in [-0.3, -0.25) is 0 Å². The van der Waals surface area contributed by atoms with Crippen molar-refractivity contribution in [3.05, 3.63) is 12.2 Å². The molecule has 0 aromatic carbocycles. The lowest BCUT2D eigenvalue weighted by Gasteiger charge is -2.30. The fourth-order valence-corrected chi connectivity index (χ4v) is 1.16. The molecule has 2 heteroatoms. The number of hydrogen-bond acceptors (Lipinski definition) is 2. The third kappa shape index (κ3) is 1.81. The molecule has 0 saturated heterocycles. The van der Waals surface area contributed by atoms with E-state index in [1.54, 1.807) is 0 Å². The third-order valence-electron chi connectivity index (χ3n) is 2.27. The fourth-order valence-electron chi connectivity index (χ4n) is 1.16. The van der Waals surface area contributed by atoms with Gasteiger partial charge in [0, 0.05) is 5.54 Å². The molecule has 1 aliphatic rings. The maximum absolute atomic E-state index is 8.78. The van der Waals surface area contributed by atoms with E-state index in [0.29, 0.717) is 0 Å². The summed E-state index contributed by atoms with van der Waals surface area (Å²) < 4.78 is 0. The number of rotatable bonds is 0. The van der Waals surface area contributed by atoms with Gasteiger partial charge in [-0.2, -0.15) is 5.26 Å². The molecule has 1 aliphatic carbocycles. The minimum Gasteiger partial charge on any atom is -0.322 e. The van der Waals surface area contributed by atoms with Crippen LogP contribution < -0.4 is 5.73 Å². The number of nitrogens with two attached hydrogens (primary N) is 1. The molecule has 1 rings (SSSR count). The maximum atomic E-state index is 8.78. The molecule has 2 atom stereocenters. The van der Waals surface area contributed by atoms with E-state index in [-0.39, 0.29) is 11.0 Å². The van der Waals surface area contributed by atoms with Crippen LogP contribution >= 0.6 is 0 Å². The van der Waals surface area contributed by atoms with Gasteiger partial charge < -0.3 is 5.73 Å². The van der Waals surface area contributed by atoms with Gasteiger partial charge in [-0.1, -0.05) is 12.2 Å². The minimum atomic E-state index is -0.279. The lowest BCUT2D eigenvalue weighted by atomic mass is 9.76. The molecule has 2 unspecified atom stereocenters. The molecule has 0 heterocycles. The Morgan fingerprint density at radius 2 is 2.00 bits per heavy atom. The predicted molar refractivity (Wildman–Crippen MR) is 44.7 cm³/mol. The average Bonchev–Trinajstić information content (AvgIpc) is 1.97. The van der Waals surface area contributed by atoms with Gasteiger partial charge in [0.1, 0.15) is 0 Å². The van der Waals surface area contributed by atoms with Crippen LogP contribution in [0.25, 0.3) is 0 Å². The summed E-state index contributed by atoms with van der Waals surface area (Å²) in [6.07, 6.45) is 5.64. The summed E-state index contributed by atoms with van der Waals surface area (Å²) in [5.41, 5.74) is 5.38. The van der Waals surface area contributed by atoms with Crippen molar-refractivity contribution in [3.8, 4) is 6.07 Å². The molecule has 0 fully saturated rings. The molecule has 2 nitrogen and oxygen atoms in total. The Kier molecular flexibility index (Phi) is 1.77. The summed E-state index contributed by atoms with van der Waals surface area (Å²) in [5.74, 6) is 0. The van der Waals surface area contributed by atoms with Crippen molar-refractivity contribution < 1.29 is 0 Å². The molecule has 0 aliphatic heterocycles. The van der Waals surface area contributed by atoms with E-state index in [4.69, 9.17) is 11.0 Å². The first kappa shape index (κ1) is 8.29. The number of allylic oxidation sites excluding steroid dienone is 1. The fraction of sp³-hybridized carbons (Fsp3) is 0.667. The highest BCUT2D eigenvalue weighted by Gasteiger charge is 2.29. The van der Waals surface area contributed by atoms with Crippen molar-refractivity contribution in [2.24, 2.45) is 11.1 Å². The van der Waals surface area contributed by atoms with Gasteiger partial charge in [0.2, 0.25) is 0 Å². The Morgan fingerprint density at radius 1 is 1.36 bits per heavy atom. The van der Waals surface area contributed by atoms with Crippen molar-refractivity contribution in [2.75, 3.05) is 0 Å². The largest absolute Gasteiger partial charge is 0.322 e. The Hall–Kier alpha value is -0.810. The van der Waals surface area contributed by atoms with Crippen LogP contribution in [0.4, 0.5) is 0 Å². The van der Waals surface area contributed by atoms with Crippen LogP contribution in [-0.2, 0) is 0 Å². The predicted octanol–water partition coefficient (Wildman–Crippen LogP) is 1.58. The molecule has 60 valence electrons. The van der Waals surface area contributed by atoms with Crippen molar-refractivity contribution >= 4 is 0 Å². The van der Waals surface area contributed by atoms with Gasteiger partial charge in [-0.15, -0.1) is 0 Å². The van der Waals surface area contributed by atoms with Crippen molar-refractivity contribution in [1.82, 2.24) is 0 Å². The summed E-state index contributed by atoms with van der Waals surface area (Å²) in [6, 6.07) is 2.28. The van der Waals surface area contributed by atoms with Crippen LogP contribution in [0.5, 0.6) is 0 Å². The summed E-state index contributed by atoms with van der Waals surface area (Å²) in [4.78, 5) is 0. The number of nitrogens with zero attached hydrogens (tertiary/aromatic N) is 1. The molecule has 0 radical (unpaired) electrons. The Balaban J connectivity index is 2.80. The first-order valence-corrected chi connectivity index (χ1v) is 3.88. The van der Waals surface area contributed by atoms with E-state index >= 15 is 0 Å². The molecule has 0 spiro atoms. The molecule has 0 bridgehead atoms. The summed E-state index contributed by atoms with van der Waals surface area (Å²) in [5, 5.41) is 8.78. The maximum Gasteiger partial charge on any atom is 0.0728 e. The highest BCUT2D eigenvalue weighted by Crippen LogP contribution is 2.32. The highest BCUT2D eigenvalue weighted by atomic mass is 14.7. The van der Waals surface area contributed by atoms with Gasteiger partial charge in [0.15, 0.2) is 0 Å². The van der Waals surface area contributed by atoms with Crippen LogP contribution in [0.3, 0.4) is 0 Å². The molecule has 0 amide bonds. The van der Waals surface area contributed by atoms with Crippen LogP contribution in [0.1, 0.15) is 26.7 Å². The van der Waals surface area contributed by atoms with Crippen molar-refractivity contribution in [3.63, 3.8) is 0 Å². The minimum absolute atomic E-state index is 0.198. The summed E-state index contributed by atoms with van der Waals surface area (Å²) in [7, 11) is 0. The molecule has 11 heavy (non-hydrogen) atoms. The first-order valence-electron chi connectivity index (χ1n) is 3.88. The van der Waals surface area contributed by atoms with Crippen molar-refractivity contribution in [1.29, 1.82) is 5.26 Å². The molecule has 0 aromatic heterocycles. The van der Waals surface area contributed by atoms with E-state index in [0.717, 1.165) is 12.8 Å². The quantitative estimate of drug-likeness (QED) is 0.533. The second-order valence-corrected chi connectivity index (χ2v) is 3.87.